The summed E-state index contributed by atoms with van der Waals surface area (Å²) in [5.74, 6) is -0.599. The van der Waals surface area contributed by atoms with E-state index >= 15 is 0 Å². The zero-order valence-corrected chi connectivity index (χ0v) is 16.2. The van der Waals surface area contributed by atoms with Crippen LogP contribution >= 0.6 is 22.9 Å². The van der Waals surface area contributed by atoms with Crippen molar-refractivity contribution in [1.82, 2.24) is 9.78 Å². The lowest BCUT2D eigenvalue weighted by Gasteiger charge is -2.04. The number of aromatic nitrogens is 2. The first-order valence-corrected chi connectivity index (χ1v) is 9.30. The second kappa shape index (κ2) is 7.84. The molecule has 0 spiro atoms. The third-order valence-electron chi connectivity index (χ3n) is 3.87. The highest BCUT2D eigenvalue weighted by Gasteiger charge is 2.36. The lowest BCUT2D eigenvalue weighted by molar-refractivity contribution is -0.383. The van der Waals surface area contributed by atoms with Gasteiger partial charge in [0.15, 0.2) is 5.69 Å². The standard InChI is InChI=1S/C17H12ClF3N4O3S/c1-2-24-11(7-13(23-24)17(19,20)21)15-12(25(27)28)8-14(29-15)22-16(26)9-5-3-4-6-10(9)18/h3-8H,2H2,1H3,(H,22,26). The van der Waals surface area contributed by atoms with Crippen molar-refractivity contribution in [1.29, 1.82) is 0 Å². The van der Waals surface area contributed by atoms with E-state index in [9.17, 15) is 28.1 Å². The number of carbonyl (C=O) groups excluding carboxylic acids is 1. The summed E-state index contributed by atoms with van der Waals surface area (Å²) in [4.78, 5) is 23.1. The molecule has 29 heavy (non-hydrogen) atoms. The zero-order valence-electron chi connectivity index (χ0n) is 14.7. The predicted molar refractivity (Wildman–Crippen MR) is 102 cm³/mol. The van der Waals surface area contributed by atoms with Crippen molar-refractivity contribution in [2.24, 2.45) is 0 Å². The summed E-state index contributed by atoms with van der Waals surface area (Å²) >= 11 is 6.75. The lowest BCUT2D eigenvalue weighted by atomic mass is 10.2. The Hall–Kier alpha value is -2.92. The van der Waals surface area contributed by atoms with E-state index in [2.05, 4.69) is 10.4 Å². The Balaban J connectivity index is 2.03. The van der Waals surface area contributed by atoms with Gasteiger partial charge in [0, 0.05) is 6.54 Å². The van der Waals surface area contributed by atoms with Crippen LogP contribution in [0.4, 0.5) is 23.9 Å². The Labute approximate surface area is 170 Å². The molecule has 3 rings (SSSR count). The quantitative estimate of drug-likeness (QED) is 0.417. The molecule has 0 aliphatic heterocycles. The van der Waals surface area contributed by atoms with Crippen molar-refractivity contribution < 1.29 is 22.9 Å². The molecular formula is C17H12ClF3N4O3S. The smallest absolute Gasteiger partial charge is 0.313 e. The third-order valence-corrected chi connectivity index (χ3v) is 5.26. The van der Waals surface area contributed by atoms with Gasteiger partial charge < -0.3 is 5.32 Å². The molecule has 1 amide bonds. The molecule has 2 aromatic heterocycles. The van der Waals surface area contributed by atoms with Gasteiger partial charge in [0.25, 0.3) is 11.6 Å². The van der Waals surface area contributed by atoms with Crippen molar-refractivity contribution in [3.63, 3.8) is 0 Å². The molecule has 0 fully saturated rings. The largest absolute Gasteiger partial charge is 0.435 e. The molecule has 0 saturated heterocycles. The van der Waals surface area contributed by atoms with Gasteiger partial charge in [0.1, 0.15) is 9.88 Å². The SMILES string of the molecule is CCn1nc(C(F)(F)F)cc1-c1sc(NC(=O)c2ccccc2Cl)cc1[N+](=O)[O-]. The molecule has 12 heteroatoms. The molecule has 0 aliphatic carbocycles. The number of aryl methyl sites for hydroxylation is 1. The van der Waals surface area contributed by atoms with Gasteiger partial charge in [-0.2, -0.15) is 18.3 Å². The Kier molecular flexibility index (Phi) is 5.62. The van der Waals surface area contributed by atoms with Crippen molar-refractivity contribution >= 4 is 39.5 Å². The number of alkyl halides is 3. The number of nitrogens with one attached hydrogen (secondary N) is 1. The summed E-state index contributed by atoms with van der Waals surface area (Å²) in [6.07, 6.45) is -4.69. The summed E-state index contributed by atoms with van der Waals surface area (Å²) < 4.78 is 40.1. The van der Waals surface area contributed by atoms with Crippen LogP contribution in [-0.2, 0) is 12.7 Å². The molecule has 0 unspecified atom stereocenters. The summed E-state index contributed by atoms with van der Waals surface area (Å²) in [6, 6.07) is 8.06. The van der Waals surface area contributed by atoms with Gasteiger partial charge in [0.2, 0.25) is 0 Å². The minimum Gasteiger partial charge on any atom is -0.313 e. The first kappa shape index (κ1) is 20.8. The van der Waals surface area contributed by atoms with Gasteiger partial charge in [-0.25, -0.2) is 0 Å². The number of anilines is 1. The number of nitrogens with zero attached hydrogens (tertiary/aromatic N) is 3. The molecule has 0 bridgehead atoms. The maximum atomic E-state index is 13.0. The Morgan fingerprint density at radius 3 is 2.62 bits per heavy atom. The monoisotopic (exact) mass is 444 g/mol. The van der Waals surface area contributed by atoms with Crippen molar-refractivity contribution in [3.05, 3.63) is 62.8 Å². The summed E-state index contributed by atoms with van der Waals surface area (Å²) in [5, 5.41) is 17.7. The number of hydrogen-bond donors (Lipinski definition) is 1. The number of halogens is 4. The number of amides is 1. The van der Waals surface area contributed by atoms with Crippen LogP contribution in [0.15, 0.2) is 36.4 Å². The highest BCUT2D eigenvalue weighted by molar-refractivity contribution is 7.20. The molecule has 3 aromatic rings. The van der Waals surface area contributed by atoms with Crippen LogP contribution in [0.1, 0.15) is 23.0 Å². The molecule has 1 aromatic carbocycles. The van der Waals surface area contributed by atoms with E-state index in [-0.39, 0.29) is 32.7 Å². The van der Waals surface area contributed by atoms with E-state index in [1.165, 1.54) is 12.1 Å². The first-order valence-electron chi connectivity index (χ1n) is 8.11. The molecule has 0 radical (unpaired) electrons. The molecule has 0 aliphatic rings. The average Bonchev–Trinajstić information content (AvgIpc) is 3.25. The molecule has 2 heterocycles. The maximum Gasteiger partial charge on any atom is 0.435 e. The van der Waals surface area contributed by atoms with E-state index < -0.39 is 28.4 Å². The van der Waals surface area contributed by atoms with Crippen LogP contribution in [0.5, 0.6) is 0 Å². The topological polar surface area (TPSA) is 90.1 Å². The fourth-order valence-electron chi connectivity index (χ4n) is 2.57. The maximum absolute atomic E-state index is 13.0. The summed E-state index contributed by atoms with van der Waals surface area (Å²) in [6.45, 7) is 1.64. The number of hydrogen-bond acceptors (Lipinski definition) is 5. The Morgan fingerprint density at radius 2 is 2.03 bits per heavy atom. The second-order valence-electron chi connectivity index (χ2n) is 5.74. The Morgan fingerprint density at radius 1 is 1.34 bits per heavy atom. The molecule has 7 nitrogen and oxygen atoms in total. The van der Waals surface area contributed by atoms with E-state index in [4.69, 9.17) is 11.6 Å². The zero-order chi connectivity index (χ0) is 21.3. The van der Waals surface area contributed by atoms with Crippen molar-refractivity contribution in [2.45, 2.75) is 19.6 Å². The molecular weight excluding hydrogens is 433 g/mol. The minimum absolute atomic E-state index is 0.0469. The number of rotatable bonds is 5. The highest BCUT2D eigenvalue weighted by atomic mass is 35.5. The van der Waals surface area contributed by atoms with Crippen molar-refractivity contribution in [2.75, 3.05) is 5.32 Å². The van der Waals surface area contributed by atoms with E-state index in [1.807, 2.05) is 0 Å². The molecule has 0 saturated carbocycles. The molecule has 1 N–H and O–H groups in total. The average molecular weight is 445 g/mol. The third kappa shape index (κ3) is 4.25. The van der Waals surface area contributed by atoms with Gasteiger partial charge in [-0.05, 0) is 25.1 Å². The van der Waals surface area contributed by atoms with Gasteiger partial charge in [-0.3, -0.25) is 19.6 Å². The predicted octanol–water partition coefficient (Wildman–Crippen LogP) is 5.46. The van der Waals surface area contributed by atoms with Gasteiger partial charge >= 0.3 is 6.18 Å². The summed E-state index contributed by atoms with van der Waals surface area (Å²) in [7, 11) is 0. The van der Waals surface area contributed by atoms with E-state index in [0.29, 0.717) is 0 Å². The number of benzene rings is 1. The van der Waals surface area contributed by atoms with Crippen LogP contribution < -0.4 is 5.32 Å². The fourth-order valence-corrected chi connectivity index (χ4v) is 3.83. The van der Waals surface area contributed by atoms with Crippen LogP contribution in [0.2, 0.25) is 5.02 Å². The molecule has 0 atom stereocenters. The van der Waals surface area contributed by atoms with Gasteiger partial charge in [-0.1, -0.05) is 23.7 Å². The van der Waals surface area contributed by atoms with Crippen LogP contribution in [0.25, 0.3) is 10.6 Å². The normalized spacial score (nSPS) is 11.5. The van der Waals surface area contributed by atoms with Gasteiger partial charge in [0.05, 0.1) is 27.3 Å². The van der Waals surface area contributed by atoms with Crippen molar-refractivity contribution in [3.8, 4) is 10.6 Å². The van der Waals surface area contributed by atoms with Crippen LogP contribution in [0, 0.1) is 10.1 Å². The van der Waals surface area contributed by atoms with E-state index in [1.54, 1.807) is 19.1 Å². The molecule has 152 valence electrons. The fraction of sp³-hybridized carbons (Fsp3) is 0.176. The van der Waals surface area contributed by atoms with Crippen LogP contribution in [0.3, 0.4) is 0 Å². The number of carbonyl (C=O) groups is 1. The van der Waals surface area contributed by atoms with E-state index in [0.717, 1.165) is 28.2 Å². The number of nitro groups is 1. The highest BCUT2D eigenvalue weighted by Crippen LogP contribution is 2.42. The number of thiophene rings is 1. The van der Waals surface area contributed by atoms with Crippen LogP contribution in [-0.4, -0.2) is 20.6 Å². The van der Waals surface area contributed by atoms with Gasteiger partial charge in [-0.15, -0.1) is 11.3 Å². The minimum atomic E-state index is -4.69. The first-order chi connectivity index (χ1) is 13.6. The Bertz CT molecular complexity index is 1090. The lowest BCUT2D eigenvalue weighted by Crippen LogP contribution is -2.11. The second-order valence-corrected chi connectivity index (χ2v) is 7.20. The summed E-state index contributed by atoms with van der Waals surface area (Å²) in [5.41, 5.74) is -1.49.